The van der Waals surface area contributed by atoms with Crippen LogP contribution in [0.5, 0.6) is 0 Å². The first-order valence-corrected chi connectivity index (χ1v) is 4.76. The van der Waals surface area contributed by atoms with Gasteiger partial charge in [0.25, 0.3) is 5.78 Å². The second-order valence-electron chi connectivity index (χ2n) is 3.21. The summed E-state index contributed by atoms with van der Waals surface area (Å²) < 4.78 is 6.02. The number of hydrogen-bond acceptors (Lipinski definition) is 4. The first-order valence-electron chi connectivity index (χ1n) is 4.76. The predicted octanol–water partition coefficient (Wildman–Crippen LogP) is 0.957. The summed E-state index contributed by atoms with van der Waals surface area (Å²) >= 11 is 0. The summed E-state index contributed by atoms with van der Waals surface area (Å²) in [6.07, 6.45) is 2.51. The maximum Gasteiger partial charge on any atom is 0.379 e. The van der Waals surface area contributed by atoms with Gasteiger partial charge in [0.2, 0.25) is 0 Å². The highest BCUT2D eigenvalue weighted by molar-refractivity contribution is 6.40. The number of nitrogens with zero attached hydrogens (tertiary/aromatic N) is 2. The molecule has 82 valence electrons. The third kappa shape index (κ3) is 2.43. The quantitative estimate of drug-likeness (QED) is 0.422. The lowest BCUT2D eigenvalue weighted by atomic mass is 10.2. The summed E-state index contributed by atoms with van der Waals surface area (Å²) in [5.74, 6) is -1.49. The Morgan fingerprint density at radius 3 is 2.73 bits per heavy atom. The monoisotopic (exact) mass is 210 g/mol. The van der Waals surface area contributed by atoms with E-state index in [1.165, 1.54) is 7.11 Å². The Labute approximate surface area is 88.0 Å². The van der Waals surface area contributed by atoms with Crippen LogP contribution in [-0.2, 0) is 16.1 Å². The molecule has 0 aromatic carbocycles. The molecule has 0 atom stereocenters. The number of methoxy groups -OCH3 is 1. The van der Waals surface area contributed by atoms with Gasteiger partial charge in [-0.15, -0.1) is 0 Å². The molecule has 5 nitrogen and oxygen atoms in total. The Morgan fingerprint density at radius 1 is 1.53 bits per heavy atom. The number of aromatic nitrogens is 2. The number of aryl methyl sites for hydroxylation is 2. The van der Waals surface area contributed by atoms with E-state index in [0.717, 1.165) is 13.0 Å². The van der Waals surface area contributed by atoms with E-state index in [4.69, 9.17) is 0 Å². The van der Waals surface area contributed by atoms with Gasteiger partial charge in [-0.3, -0.25) is 9.48 Å². The summed E-state index contributed by atoms with van der Waals surface area (Å²) in [6.45, 7) is 4.44. The Bertz CT molecular complexity index is 382. The van der Waals surface area contributed by atoms with Crippen LogP contribution in [0.1, 0.15) is 29.4 Å². The summed E-state index contributed by atoms with van der Waals surface area (Å²) in [7, 11) is 1.19. The minimum absolute atomic E-state index is 0.315. The van der Waals surface area contributed by atoms with Crippen molar-refractivity contribution < 1.29 is 14.3 Å². The Hall–Kier alpha value is -1.65. The molecule has 0 saturated carbocycles. The number of hydrogen-bond donors (Lipinski definition) is 0. The molecule has 0 spiro atoms. The van der Waals surface area contributed by atoms with Gasteiger partial charge in [0.05, 0.1) is 18.4 Å². The molecule has 0 aliphatic heterocycles. The standard InChI is InChI=1S/C10H14N2O3/c1-4-5-12-6-8(7(2)11-12)9(13)10(14)15-3/h6H,4-5H2,1-3H3. The van der Waals surface area contributed by atoms with Crippen molar-refractivity contribution in [3.8, 4) is 0 Å². The van der Waals surface area contributed by atoms with Gasteiger partial charge in [0, 0.05) is 12.7 Å². The third-order valence-electron chi connectivity index (χ3n) is 2.01. The van der Waals surface area contributed by atoms with E-state index >= 15 is 0 Å². The van der Waals surface area contributed by atoms with Gasteiger partial charge in [-0.25, -0.2) is 4.79 Å². The second-order valence-corrected chi connectivity index (χ2v) is 3.21. The average Bonchev–Trinajstić information content (AvgIpc) is 2.58. The van der Waals surface area contributed by atoms with Crippen molar-refractivity contribution in [1.82, 2.24) is 9.78 Å². The molecule has 0 amide bonds. The van der Waals surface area contributed by atoms with Gasteiger partial charge in [-0.05, 0) is 13.3 Å². The van der Waals surface area contributed by atoms with Crippen molar-refractivity contribution in [1.29, 1.82) is 0 Å². The van der Waals surface area contributed by atoms with Crippen LogP contribution in [0.15, 0.2) is 6.20 Å². The normalized spacial score (nSPS) is 10.1. The van der Waals surface area contributed by atoms with Gasteiger partial charge in [-0.2, -0.15) is 5.10 Å². The van der Waals surface area contributed by atoms with E-state index in [9.17, 15) is 9.59 Å². The van der Waals surface area contributed by atoms with Gasteiger partial charge in [-0.1, -0.05) is 6.92 Å². The lowest BCUT2D eigenvalue weighted by molar-refractivity contribution is -0.135. The molecule has 1 aromatic rings. The zero-order chi connectivity index (χ0) is 11.4. The van der Waals surface area contributed by atoms with Crippen LogP contribution >= 0.6 is 0 Å². The average molecular weight is 210 g/mol. The Kier molecular flexibility index (Phi) is 3.60. The summed E-state index contributed by atoms with van der Waals surface area (Å²) in [5, 5.41) is 4.13. The lowest BCUT2D eigenvalue weighted by Crippen LogP contribution is -2.15. The smallest absolute Gasteiger partial charge is 0.379 e. The number of carbonyl (C=O) groups excluding carboxylic acids is 2. The molecule has 15 heavy (non-hydrogen) atoms. The Morgan fingerprint density at radius 2 is 2.20 bits per heavy atom. The molecule has 0 N–H and O–H groups in total. The van der Waals surface area contributed by atoms with Crippen LogP contribution in [0, 0.1) is 6.92 Å². The fraction of sp³-hybridized carbons (Fsp3) is 0.500. The molecular formula is C10H14N2O3. The molecule has 0 fully saturated rings. The van der Waals surface area contributed by atoms with Crippen molar-refractivity contribution in [2.75, 3.05) is 7.11 Å². The zero-order valence-corrected chi connectivity index (χ0v) is 9.11. The van der Waals surface area contributed by atoms with Gasteiger partial charge in [0.15, 0.2) is 0 Å². The first-order chi connectivity index (χ1) is 7.10. The van der Waals surface area contributed by atoms with E-state index in [1.54, 1.807) is 17.8 Å². The van der Waals surface area contributed by atoms with E-state index in [1.807, 2.05) is 6.92 Å². The van der Waals surface area contributed by atoms with E-state index in [-0.39, 0.29) is 0 Å². The predicted molar refractivity (Wildman–Crippen MR) is 53.6 cm³/mol. The minimum Gasteiger partial charge on any atom is -0.463 e. The molecule has 5 heteroatoms. The number of ketones is 1. The fourth-order valence-corrected chi connectivity index (χ4v) is 1.29. The first kappa shape index (κ1) is 11.4. The largest absolute Gasteiger partial charge is 0.463 e. The van der Waals surface area contributed by atoms with Crippen LogP contribution in [-0.4, -0.2) is 28.6 Å². The lowest BCUT2D eigenvalue weighted by Gasteiger charge is -1.95. The van der Waals surface area contributed by atoms with Crippen LogP contribution in [0.25, 0.3) is 0 Å². The Balaban J connectivity index is 2.94. The van der Waals surface area contributed by atoms with E-state index < -0.39 is 11.8 Å². The number of carbonyl (C=O) groups is 2. The molecular weight excluding hydrogens is 196 g/mol. The topological polar surface area (TPSA) is 61.2 Å². The molecule has 0 bridgehead atoms. The molecule has 0 unspecified atom stereocenters. The molecule has 1 heterocycles. The second kappa shape index (κ2) is 4.72. The summed E-state index contributed by atoms with van der Waals surface area (Å²) in [4.78, 5) is 22.5. The number of Topliss-reactive ketones (excluding diaryl/α,β-unsaturated/α-hetero) is 1. The van der Waals surface area contributed by atoms with Crippen LogP contribution in [0.2, 0.25) is 0 Å². The zero-order valence-electron chi connectivity index (χ0n) is 9.11. The molecule has 0 aliphatic rings. The molecule has 0 radical (unpaired) electrons. The van der Waals surface area contributed by atoms with Crippen molar-refractivity contribution in [2.45, 2.75) is 26.8 Å². The van der Waals surface area contributed by atoms with Crippen molar-refractivity contribution in [2.24, 2.45) is 0 Å². The van der Waals surface area contributed by atoms with Crippen LogP contribution in [0.4, 0.5) is 0 Å². The summed E-state index contributed by atoms with van der Waals surface area (Å²) in [5.41, 5.74) is 0.870. The molecule has 0 saturated heterocycles. The number of esters is 1. The van der Waals surface area contributed by atoms with Gasteiger partial charge < -0.3 is 4.74 Å². The highest BCUT2D eigenvalue weighted by Crippen LogP contribution is 2.08. The maximum atomic E-state index is 11.5. The van der Waals surface area contributed by atoms with Gasteiger partial charge in [0.1, 0.15) is 0 Å². The van der Waals surface area contributed by atoms with Crippen molar-refractivity contribution in [3.63, 3.8) is 0 Å². The summed E-state index contributed by atoms with van der Waals surface area (Å²) in [6, 6.07) is 0. The fourth-order valence-electron chi connectivity index (χ4n) is 1.29. The van der Waals surface area contributed by atoms with Gasteiger partial charge >= 0.3 is 5.97 Å². The molecule has 1 rings (SSSR count). The third-order valence-corrected chi connectivity index (χ3v) is 2.01. The van der Waals surface area contributed by atoms with E-state index in [0.29, 0.717) is 11.3 Å². The number of rotatable bonds is 4. The van der Waals surface area contributed by atoms with Crippen LogP contribution < -0.4 is 0 Å². The van der Waals surface area contributed by atoms with Crippen LogP contribution in [0.3, 0.4) is 0 Å². The van der Waals surface area contributed by atoms with Crippen molar-refractivity contribution in [3.05, 3.63) is 17.5 Å². The maximum absolute atomic E-state index is 11.5. The SMILES string of the molecule is CCCn1cc(C(=O)C(=O)OC)c(C)n1. The minimum atomic E-state index is -0.853. The number of ether oxygens (including phenoxy) is 1. The highest BCUT2D eigenvalue weighted by Gasteiger charge is 2.21. The van der Waals surface area contributed by atoms with E-state index in [2.05, 4.69) is 9.84 Å². The molecule has 1 aromatic heterocycles. The molecule has 0 aliphatic carbocycles. The van der Waals surface area contributed by atoms with Crippen molar-refractivity contribution >= 4 is 11.8 Å². The highest BCUT2D eigenvalue weighted by atomic mass is 16.5.